The minimum atomic E-state index is -0.755. The molecule has 2 rings (SSSR count). The first-order valence-corrected chi connectivity index (χ1v) is 5.22. The first-order chi connectivity index (χ1) is 7.72. The van der Waals surface area contributed by atoms with E-state index in [4.69, 9.17) is 4.42 Å². The van der Waals surface area contributed by atoms with Gasteiger partial charge >= 0.3 is 0 Å². The van der Waals surface area contributed by atoms with E-state index in [1.54, 1.807) is 24.5 Å². The van der Waals surface area contributed by atoms with Gasteiger partial charge in [0, 0.05) is 12.0 Å². The highest BCUT2D eigenvalue weighted by Crippen LogP contribution is 2.26. The van der Waals surface area contributed by atoms with Gasteiger partial charge in [-0.3, -0.25) is 0 Å². The molecule has 0 saturated carbocycles. The molecule has 0 amide bonds. The van der Waals surface area contributed by atoms with Crippen LogP contribution in [0.4, 0.5) is 4.39 Å². The third kappa shape index (κ3) is 1.99. The molecule has 3 heteroatoms. The van der Waals surface area contributed by atoms with Crippen LogP contribution in [-0.2, 0) is 6.42 Å². The second-order valence-electron chi connectivity index (χ2n) is 3.61. The molecule has 1 atom stereocenters. The van der Waals surface area contributed by atoms with E-state index in [1.165, 1.54) is 12.1 Å². The van der Waals surface area contributed by atoms with Gasteiger partial charge in [-0.1, -0.05) is 19.1 Å². The number of benzene rings is 1. The van der Waals surface area contributed by atoms with Crippen LogP contribution in [0.15, 0.2) is 41.0 Å². The molecule has 0 saturated heterocycles. The van der Waals surface area contributed by atoms with Gasteiger partial charge in [0.05, 0.1) is 6.26 Å². The SMILES string of the molecule is CCc1occc1C(O)c1ccc(F)cc1. The number of hydrogen-bond acceptors (Lipinski definition) is 2. The number of aryl methyl sites for hydroxylation is 1. The summed E-state index contributed by atoms with van der Waals surface area (Å²) in [7, 11) is 0. The zero-order valence-corrected chi connectivity index (χ0v) is 8.98. The fourth-order valence-electron chi connectivity index (χ4n) is 1.71. The maximum absolute atomic E-state index is 12.7. The standard InChI is InChI=1S/C13H13FO2/c1-2-12-11(7-8-16-12)13(15)9-3-5-10(14)6-4-9/h3-8,13,15H,2H2,1H3. The Hall–Kier alpha value is -1.61. The lowest BCUT2D eigenvalue weighted by atomic mass is 10.0. The summed E-state index contributed by atoms with van der Waals surface area (Å²) < 4.78 is 18.0. The molecule has 0 bridgehead atoms. The van der Waals surface area contributed by atoms with Crippen molar-refractivity contribution in [1.29, 1.82) is 0 Å². The molecule has 1 N–H and O–H groups in total. The molecule has 0 spiro atoms. The number of hydrogen-bond donors (Lipinski definition) is 1. The van der Waals surface area contributed by atoms with Gasteiger partial charge in [-0.15, -0.1) is 0 Å². The van der Waals surface area contributed by atoms with Gasteiger partial charge in [-0.05, 0) is 23.8 Å². The predicted molar refractivity (Wildman–Crippen MR) is 58.5 cm³/mol. The summed E-state index contributed by atoms with van der Waals surface area (Å²) in [6.07, 6.45) is 1.52. The van der Waals surface area contributed by atoms with Crippen molar-refractivity contribution in [1.82, 2.24) is 0 Å². The summed E-state index contributed by atoms with van der Waals surface area (Å²) >= 11 is 0. The summed E-state index contributed by atoms with van der Waals surface area (Å²) in [6.45, 7) is 1.96. The topological polar surface area (TPSA) is 33.4 Å². The Balaban J connectivity index is 2.31. The normalized spacial score (nSPS) is 12.7. The van der Waals surface area contributed by atoms with E-state index in [0.29, 0.717) is 5.56 Å². The Morgan fingerprint density at radius 3 is 2.56 bits per heavy atom. The molecule has 1 aromatic heterocycles. The van der Waals surface area contributed by atoms with Gasteiger partial charge < -0.3 is 9.52 Å². The summed E-state index contributed by atoms with van der Waals surface area (Å²) in [5.41, 5.74) is 1.41. The molecule has 0 fully saturated rings. The maximum Gasteiger partial charge on any atom is 0.123 e. The Bertz CT molecular complexity index is 459. The average Bonchev–Trinajstić information content (AvgIpc) is 2.77. The van der Waals surface area contributed by atoms with E-state index in [9.17, 15) is 9.50 Å². The van der Waals surface area contributed by atoms with Gasteiger partial charge in [-0.2, -0.15) is 0 Å². The summed E-state index contributed by atoms with van der Waals surface area (Å²) in [6, 6.07) is 7.57. The first kappa shape index (κ1) is 10.9. The fraction of sp³-hybridized carbons (Fsp3) is 0.231. The molecule has 0 aliphatic carbocycles. The van der Waals surface area contributed by atoms with E-state index >= 15 is 0 Å². The van der Waals surface area contributed by atoms with E-state index in [-0.39, 0.29) is 5.82 Å². The van der Waals surface area contributed by atoms with Crippen LogP contribution in [0, 0.1) is 5.82 Å². The van der Waals surface area contributed by atoms with Gasteiger partial charge in [0.25, 0.3) is 0 Å². The Morgan fingerprint density at radius 1 is 1.25 bits per heavy atom. The zero-order valence-electron chi connectivity index (χ0n) is 8.98. The molecule has 0 aliphatic rings. The number of aliphatic hydroxyl groups is 1. The van der Waals surface area contributed by atoms with Crippen molar-refractivity contribution < 1.29 is 13.9 Å². The van der Waals surface area contributed by atoms with Crippen molar-refractivity contribution in [2.24, 2.45) is 0 Å². The summed E-state index contributed by atoms with van der Waals surface area (Å²) in [5.74, 6) is 0.454. The molecular formula is C13H13FO2. The van der Waals surface area contributed by atoms with E-state index < -0.39 is 6.10 Å². The zero-order chi connectivity index (χ0) is 11.5. The van der Waals surface area contributed by atoms with E-state index in [2.05, 4.69) is 0 Å². The largest absolute Gasteiger partial charge is 0.469 e. The lowest BCUT2D eigenvalue weighted by molar-refractivity contribution is 0.217. The molecule has 2 aromatic rings. The highest BCUT2D eigenvalue weighted by Gasteiger charge is 2.15. The van der Waals surface area contributed by atoms with Crippen molar-refractivity contribution in [2.45, 2.75) is 19.4 Å². The number of aliphatic hydroxyl groups excluding tert-OH is 1. The number of rotatable bonds is 3. The lowest BCUT2D eigenvalue weighted by Gasteiger charge is -2.10. The lowest BCUT2D eigenvalue weighted by Crippen LogP contribution is -2.00. The minimum Gasteiger partial charge on any atom is -0.469 e. The highest BCUT2D eigenvalue weighted by atomic mass is 19.1. The van der Waals surface area contributed by atoms with Crippen LogP contribution in [0.3, 0.4) is 0 Å². The summed E-state index contributed by atoms with van der Waals surface area (Å²) in [5, 5.41) is 10.1. The van der Waals surface area contributed by atoms with Crippen LogP contribution >= 0.6 is 0 Å². The van der Waals surface area contributed by atoms with Gasteiger partial charge in [0.2, 0.25) is 0 Å². The smallest absolute Gasteiger partial charge is 0.123 e. The van der Waals surface area contributed by atoms with Crippen molar-refractivity contribution >= 4 is 0 Å². The molecule has 1 heterocycles. The second-order valence-corrected chi connectivity index (χ2v) is 3.61. The fourth-order valence-corrected chi connectivity index (χ4v) is 1.71. The van der Waals surface area contributed by atoms with Crippen LogP contribution in [0.2, 0.25) is 0 Å². The third-order valence-electron chi connectivity index (χ3n) is 2.58. The van der Waals surface area contributed by atoms with Gasteiger partial charge in [-0.25, -0.2) is 4.39 Å². The molecule has 0 aliphatic heterocycles. The first-order valence-electron chi connectivity index (χ1n) is 5.22. The molecular weight excluding hydrogens is 207 g/mol. The maximum atomic E-state index is 12.7. The summed E-state index contributed by atoms with van der Waals surface area (Å²) in [4.78, 5) is 0. The van der Waals surface area contributed by atoms with Crippen LogP contribution in [0.5, 0.6) is 0 Å². The Kier molecular flexibility index (Phi) is 3.06. The average molecular weight is 220 g/mol. The van der Waals surface area contributed by atoms with Gasteiger partial charge in [0.1, 0.15) is 17.7 Å². The highest BCUT2D eigenvalue weighted by molar-refractivity contribution is 5.31. The predicted octanol–water partition coefficient (Wildman–Crippen LogP) is 3.06. The van der Waals surface area contributed by atoms with Crippen LogP contribution in [0.1, 0.15) is 29.9 Å². The van der Waals surface area contributed by atoms with Crippen molar-refractivity contribution in [3.63, 3.8) is 0 Å². The van der Waals surface area contributed by atoms with Crippen molar-refractivity contribution in [3.8, 4) is 0 Å². The third-order valence-corrected chi connectivity index (χ3v) is 2.58. The molecule has 1 unspecified atom stereocenters. The number of furan rings is 1. The van der Waals surface area contributed by atoms with Crippen LogP contribution in [-0.4, -0.2) is 5.11 Å². The Labute approximate surface area is 93.3 Å². The van der Waals surface area contributed by atoms with Crippen molar-refractivity contribution in [2.75, 3.05) is 0 Å². The molecule has 84 valence electrons. The molecule has 16 heavy (non-hydrogen) atoms. The van der Waals surface area contributed by atoms with E-state index in [0.717, 1.165) is 17.7 Å². The quantitative estimate of drug-likeness (QED) is 0.862. The van der Waals surface area contributed by atoms with E-state index in [1.807, 2.05) is 6.92 Å². The molecule has 2 nitrogen and oxygen atoms in total. The van der Waals surface area contributed by atoms with Gasteiger partial charge in [0.15, 0.2) is 0 Å². The monoisotopic (exact) mass is 220 g/mol. The van der Waals surface area contributed by atoms with Crippen LogP contribution < -0.4 is 0 Å². The number of halogens is 1. The second kappa shape index (κ2) is 4.49. The molecule has 0 radical (unpaired) electrons. The Morgan fingerprint density at radius 2 is 1.94 bits per heavy atom. The van der Waals surface area contributed by atoms with Crippen LogP contribution in [0.25, 0.3) is 0 Å². The molecule has 1 aromatic carbocycles. The minimum absolute atomic E-state index is 0.307. The van der Waals surface area contributed by atoms with Crippen molar-refractivity contribution in [3.05, 3.63) is 59.3 Å².